The summed E-state index contributed by atoms with van der Waals surface area (Å²) >= 11 is 7.48. The second-order valence-electron chi connectivity index (χ2n) is 4.67. The maximum absolute atomic E-state index is 9.97. The molecule has 1 atom stereocenters. The van der Waals surface area contributed by atoms with Gasteiger partial charge in [-0.2, -0.15) is 10.5 Å². The predicted octanol–water partition coefficient (Wildman–Crippen LogP) is 3.62. The highest BCUT2D eigenvalue weighted by atomic mass is 35.5. The lowest BCUT2D eigenvalue weighted by atomic mass is 10.2. The molecule has 2 aromatic rings. The van der Waals surface area contributed by atoms with Gasteiger partial charge in [0.15, 0.2) is 0 Å². The third kappa shape index (κ3) is 5.19. The molecular formula is C17H13ClN2O2S. The lowest BCUT2D eigenvalue weighted by molar-refractivity contribution is 0.126. The van der Waals surface area contributed by atoms with Crippen molar-refractivity contribution >= 4 is 23.4 Å². The molecule has 0 aliphatic heterocycles. The molecular weight excluding hydrogens is 332 g/mol. The number of hydrogen-bond donors (Lipinski definition) is 1. The van der Waals surface area contributed by atoms with Crippen LogP contribution in [0.1, 0.15) is 11.1 Å². The van der Waals surface area contributed by atoms with Gasteiger partial charge in [0.05, 0.1) is 34.4 Å². The summed E-state index contributed by atoms with van der Waals surface area (Å²) in [7, 11) is 0. The lowest BCUT2D eigenvalue weighted by Gasteiger charge is -2.12. The Hall–Kier alpha value is -2.18. The number of aliphatic hydroxyl groups excluding tert-OH is 1. The number of nitriles is 2. The summed E-state index contributed by atoms with van der Waals surface area (Å²) in [5.74, 6) is 1.02. The van der Waals surface area contributed by atoms with Crippen molar-refractivity contribution in [1.29, 1.82) is 10.5 Å². The smallest absolute Gasteiger partial charge is 0.119 e. The first kappa shape index (κ1) is 17.2. The molecule has 116 valence electrons. The topological polar surface area (TPSA) is 77.0 Å². The number of hydrogen-bond acceptors (Lipinski definition) is 5. The number of aliphatic hydroxyl groups is 1. The standard InChI is InChI=1S/C17H13ClN2O2S/c18-16-7-13(9-20)3-6-17(16)23-11-14(21)10-22-15-4-1-12(8-19)2-5-15/h1-7,14,21H,10-11H2. The SMILES string of the molecule is N#Cc1ccc(OCC(O)CSc2ccc(C#N)cc2Cl)cc1. The molecule has 0 spiro atoms. The van der Waals surface area contributed by atoms with Crippen LogP contribution in [0.3, 0.4) is 0 Å². The Labute approximate surface area is 143 Å². The maximum atomic E-state index is 9.97. The monoisotopic (exact) mass is 344 g/mol. The maximum Gasteiger partial charge on any atom is 0.119 e. The molecule has 0 saturated carbocycles. The summed E-state index contributed by atoms with van der Waals surface area (Å²) in [4.78, 5) is 0.808. The molecule has 0 bridgehead atoms. The van der Waals surface area contributed by atoms with Crippen molar-refractivity contribution in [3.8, 4) is 17.9 Å². The van der Waals surface area contributed by atoms with E-state index in [-0.39, 0.29) is 6.61 Å². The number of thioether (sulfide) groups is 1. The van der Waals surface area contributed by atoms with Gasteiger partial charge >= 0.3 is 0 Å². The van der Waals surface area contributed by atoms with E-state index in [0.29, 0.717) is 27.7 Å². The van der Waals surface area contributed by atoms with E-state index in [1.165, 1.54) is 11.8 Å². The summed E-state index contributed by atoms with van der Waals surface area (Å²) < 4.78 is 5.47. The fourth-order valence-electron chi connectivity index (χ4n) is 1.74. The third-order valence-corrected chi connectivity index (χ3v) is 4.56. The molecule has 23 heavy (non-hydrogen) atoms. The van der Waals surface area contributed by atoms with E-state index in [1.807, 2.05) is 12.1 Å². The van der Waals surface area contributed by atoms with Crippen LogP contribution >= 0.6 is 23.4 Å². The minimum atomic E-state index is -0.664. The van der Waals surface area contributed by atoms with Gasteiger partial charge in [-0.1, -0.05) is 11.6 Å². The Bertz CT molecular complexity index is 751. The van der Waals surface area contributed by atoms with E-state index in [2.05, 4.69) is 0 Å². The number of ether oxygens (including phenoxy) is 1. The fraction of sp³-hybridized carbons (Fsp3) is 0.176. The molecule has 2 aromatic carbocycles. The van der Waals surface area contributed by atoms with Crippen LogP contribution < -0.4 is 4.74 Å². The molecule has 0 saturated heterocycles. The van der Waals surface area contributed by atoms with Crippen LogP contribution in [0.25, 0.3) is 0 Å². The first-order valence-corrected chi connectivity index (χ1v) is 8.12. The molecule has 1 N–H and O–H groups in total. The Morgan fingerprint density at radius 3 is 2.35 bits per heavy atom. The summed E-state index contributed by atoms with van der Waals surface area (Å²) in [6, 6.07) is 15.8. The average molecular weight is 345 g/mol. The minimum Gasteiger partial charge on any atom is -0.491 e. The zero-order valence-electron chi connectivity index (χ0n) is 12.1. The van der Waals surface area contributed by atoms with Gasteiger partial charge in [-0.25, -0.2) is 0 Å². The minimum absolute atomic E-state index is 0.146. The van der Waals surface area contributed by atoms with Crippen molar-refractivity contribution in [2.45, 2.75) is 11.0 Å². The van der Waals surface area contributed by atoms with E-state index in [4.69, 9.17) is 26.9 Å². The normalized spacial score (nSPS) is 11.3. The zero-order valence-corrected chi connectivity index (χ0v) is 13.6. The number of nitrogens with zero attached hydrogens (tertiary/aromatic N) is 2. The first-order chi connectivity index (χ1) is 11.1. The van der Waals surface area contributed by atoms with Crippen LogP contribution in [0.5, 0.6) is 5.75 Å². The molecule has 2 rings (SSSR count). The van der Waals surface area contributed by atoms with Crippen molar-refractivity contribution in [2.24, 2.45) is 0 Å². The van der Waals surface area contributed by atoms with Crippen LogP contribution in [0.15, 0.2) is 47.4 Å². The van der Waals surface area contributed by atoms with Gasteiger partial charge in [0.25, 0.3) is 0 Å². The molecule has 0 amide bonds. The van der Waals surface area contributed by atoms with Crippen LogP contribution in [0, 0.1) is 22.7 Å². The Morgan fingerprint density at radius 1 is 1.09 bits per heavy atom. The van der Waals surface area contributed by atoms with Gasteiger partial charge in [-0.3, -0.25) is 0 Å². The Morgan fingerprint density at radius 2 is 1.74 bits per heavy atom. The number of benzene rings is 2. The Kier molecular flexibility index (Phi) is 6.31. The Balaban J connectivity index is 1.82. The third-order valence-electron chi connectivity index (χ3n) is 2.92. The van der Waals surface area contributed by atoms with Gasteiger partial charge in [0.2, 0.25) is 0 Å². The second kappa shape index (κ2) is 8.45. The molecule has 4 nitrogen and oxygen atoms in total. The first-order valence-electron chi connectivity index (χ1n) is 6.76. The molecule has 0 aliphatic carbocycles. The fourth-order valence-corrected chi connectivity index (χ4v) is 2.91. The van der Waals surface area contributed by atoms with E-state index >= 15 is 0 Å². The van der Waals surface area contributed by atoms with Crippen molar-refractivity contribution in [1.82, 2.24) is 0 Å². The van der Waals surface area contributed by atoms with E-state index in [0.717, 1.165) is 4.90 Å². The van der Waals surface area contributed by atoms with Gasteiger partial charge in [0, 0.05) is 10.6 Å². The molecule has 6 heteroatoms. The van der Waals surface area contributed by atoms with Crippen LogP contribution in [-0.2, 0) is 0 Å². The van der Waals surface area contributed by atoms with E-state index in [1.54, 1.807) is 42.5 Å². The quantitative estimate of drug-likeness (QED) is 0.810. The highest BCUT2D eigenvalue weighted by molar-refractivity contribution is 7.99. The van der Waals surface area contributed by atoms with Crippen molar-refractivity contribution in [2.75, 3.05) is 12.4 Å². The lowest BCUT2D eigenvalue weighted by Crippen LogP contribution is -2.20. The highest BCUT2D eigenvalue weighted by Gasteiger charge is 2.09. The molecule has 0 aliphatic rings. The van der Waals surface area contributed by atoms with Gasteiger partial charge in [0.1, 0.15) is 12.4 Å². The molecule has 0 fully saturated rings. The van der Waals surface area contributed by atoms with Gasteiger partial charge in [-0.15, -0.1) is 11.8 Å². The van der Waals surface area contributed by atoms with Crippen molar-refractivity contribution in [3.63, 3.8) is 0 Å². The molecule has 0 radical (unpaired) electrons. The van der Waals surface area contributed by atoms with Crippen molar-refractivity contribution in [3.05, 3.63) is 58.6 Å². The number of rotatable bonds is 6. The largest absolute Gasteiger partial charge is 0.491 e. The molecule has 0 heterocycles. The van der Waals surface area contributed by atoms with Crippen LogP contribution in [0.4, 0.5) is 0 Å². The molecule has 1 unspecified atom stereocenters. The summed E-state index contributed by atoms with van der Waals surface area (Å²) in [5.41, 5.74) is 1.06. The zero-order chi connectivity index (χ0) is 16.7. The number of halogens is 1. The summed E-state index contributed by atoms with van der Waals surface area (Å²) in [6.07, 6.45) is -0.664. The average Bonchev–Trinajstić information content (AvgIpc) is 2.59. The van der Waals surface area contributed by atoms with Crippen molar-refractivity contribution < 1.29 is 9.84 Å². The van der Waals surface area contributed by atoms with Gasteiger partial charge in [-0.05, 0) is 42.5 Å². The highest BCUT2D eigenvalue weighted by Crippen LogP contribution is 2.28. The molecule has 0 aromatic heterocycles. The second-order valence-corrected chi connectivity index (χ2v) is 6.14. The van der Waals surface area contributed by atoms with Gasteiger partial charge < -0.3 is 9.84 Å². The van der Waals surface area contributed by atoms with Crippen LogP contribution in [0.2, 0.25) is 5.02 Å². The van der Waals surface area contributed by atoms with Crippen LogP contribution in [-0.4, -0.2) is 23.6 Å². The summed E-state index contributed by atoms with van der Waals surface area (Å²) in [5, 5.41) is 28.0. The predicted molar refractivity (Wildman–Crippen MR) is 89.5 cm³/mol. The van der Waals surface area contributed by atoms with E-state index < -0.39 is 6.10 Å². The summed E-state index contributed by atoms with van der Waals surface area (Å²) in [6.45, 7) is 0.146. The van der Waals surface area contributed by atoms with E-state index in [9.17, 15) is 5.11 Å².